The molecule has 0 aromatic carbocycles. The number of carbonyl (C=O) groups excluding carboxylic acids is 6. The van der Waals surface area contributed by atoms with Gasteiger partial charge in [0.25, 0.3) is 0 Å². The molecule has 0 aromatic heterocycles. The maximum atomic E-state index is 13.5. The topological polar surface area (TPSA) is 139 Å². The van der Waals surface area contributed by atoms with Gasteiger partial charge in [0, 0.05) is 24.7 Å². The van der Waals surface area contributed by atoms with E-state index in [1.807, 2.05) is 13.8 Å². The minimum atomic E-state index is -1.00. The van der Waals surface area contributed by atoms with E-state index in [-0.39, 0.29) is 47.2 Å². The van der Waals surface area contributed by atoms with E-state index in [1.54, 1.807) is 13.8 Å². The number of rotatable bonds is 4. The second-order valence-corrected chi connectivity index (χ2v) is 14.8. The summed E-state index contributed by atoms with van der Waals surface area (Å²) in [7, 11) is 0. The molecule has 0 amide bonds. The van der Waals surface area contributed by atoms with Crippen LogP contribution in [-0.2, 0) is 47.7 Å². The van der Waals surface area contributed by atoms with Crippen LogP contribution in [-0.4, -0.2) is 59.9 Å². The van der Waals surface area contributed by atoms with Crippen LogP contribution in [0.25, 0.3) is 0 Å². The second-order valence-electron chi connectivity index (χ2n) is 14.8. The van der Waals surface area contributed by atoms with Crippen LogP contribution in [0.1, 0.15) is 86.5 Å². The van der Waals surface area contributed by atoms with Crippen molar-refractivity contribution in [3.8, 4) is 0 Å². The lowest BCUT2D eigenvalue weighted by atomic mass is 9.67. The van der Waals surface area contributed by atoms with Gasteiger partial charge in [-0.3, -0.25) is 28.8 Å². The molecule has 4 aliphatic carbocycles. The number of hydrogen-bond donors (Lipinski definition) is 0. The highest BCUT2D eigenvalue weighted by atomic mass is 16.6. The van der Waals surface area contributed by atoms with Gasteiger partial charge in [-0.25, -0.2) is 0 Å². The average Bonchev–Trinajstić information content (AvgIpc) is 3.56. The molecule has 10 nitrogen and oxygen atoms in total. The average molecular weight is 601 g/mol. The molecule has 10 heteroatoms. The predicted octanol–water partition coefficient (Wildman–Crippen LogP) is 3.61. The van der Waals surface area contributed by atoms with Crippen molar-refractivity contribution >= 4 is 35.4 Å². The molecule has 6 fully saturated rings. The van der Waals surface area contributed by atoms with Crippen LogP contribution >= 0.6 is 0 Å². The molecule has 0 N–H and O–H groups in total. The van der Waals surface area contributed by atoms with Crippen LogP contribution in [0, 0.1) is 58.2 Å². The fraction of sp³-hybridized carbons (Fsp3) is 0.818. The van der Waals surface area contributed by atoms with Gasteiger partial charge in [-0.2, -0.15) is 0 Å². The zero-order valence-corrected chi connectivity index (χ0v) is 26.0. The van der Waals surface area contributed by atoms with Crippen molar-refractivity contribution in [3.05, 3.63) is 0 Å². The number of fused-ring (bicyclic) bond motifs is 4. The third kappa shape index (κ3) is 4.39. The molecule has 2 saturated heterocycles. The summed E-state index contributed by atoms with van der Waals surface area (Å²) in [6, 6.07) is 0. The molecule has 0 bridgehead atoms. The van der Waals surface area contributed by atoms with Crippen LogP contribution in [0.3, 0.4) is 0 Å². The Morgan fingerprint density at radius 3 is 1.44 bits per heavy atom. The standard InChI is InChI=1S/C33H44O10/c1-14-11-20-26(16(3)30(38)40-20)28(32(5)18(14)7-9-22(32)34)42-24(36)13-25(37)43-29-27-17(4)31(39)41-21(27)12-15(2)19-8-10-23(35)33(19,29)6/h14-21,26-29H,7-13H2,1-6H3. The predicted molar refractivity (Wildman–Crippen MR) is 149 cm³/mol. The van der Waals surface area contributed by atoms with E-state index < -0.39 is 77.3 Å². The van der Waals surface area contributed by atoms with Gasteiger partial charge >= 0.3 is 23.9 Å². The summed E-state index contributed by atoms with van der Waals surface area (Å²) in [6.45, 7) is 11.2. The van der Waals surface area contributed by atoms with E-state index in [2.05, 4.69) is 13.8 Å². The largest absolute Gasteiger partial charge is 0.462 e. The SMILES string of the molecule is CC1CC2OC(=O)C(C)C2C(OC(=O)CC(=O)OC2C3C(CC(C)C4CCC(=O)C42C)OC(=O)C3C)C2(C)C(=O)CCC12. The monoisotopic (exact) mass is 600 g/mol. The van der Waals surface area contributed by atoms with Crippen molar-refractivity contribution in [2.24, 2.45) is 58.2 Å². The quantitative estimate of drug-likeness (QED) is 0.267. The van der Waals surface area contributed by atoms with Crippen LogP contribution in [0.4, 0.5) is 0 Å². The van der Waals surface area contributed by atoms with E-state index in [0.717, 1.165) is 0 Å². The summed E-state index contributed by atoms with van der Waals surface area (Å²) in [6.07, 6.45) is -0.271. The Kier molecular flexibility index (Phi) is 7.32. The number of Topliss-reactive ketones (excluding diaryl/α,β-unsaturated/α-hetero) is 2. The van der Waals surface area contributed by atoms with E-state index in [0.29, 0.717) is 38.5 Å². The van der Waals surface area contributed by atoms with Gasteiger partial charge in [-0.1, -0.05) is 27.7 Å². The molecule has 4 saturated carbocycles. The van der Waals surface area contributed by atoms with Gasteiger partial charge < -0.3 is 18.9 Å². The van der Waals surface area contributed by atoms with Crippen molar-refractivity contribution in [2.75, 3.05) is 0 Å². The van der Waals surface area contributed by atoms with Gasteiger partial charge in [0.05, 0.1) is 22.7 Å². The molecule has 6 rings (SSSR count). The molecule has 43 heavy (non-hydrogen) atoms. The normalized spacial score (nSPS) is 48.7. The first-order valence-electron chi connectivity index (χ1n) is 16.1. The highest BCUT2D eigenvalue weighted by Crippen LogP contribution is 2.58. The first-order chi connectivity index (χ1) is 20.2. The first-order valence-corrected chi connectivity index (χ1v) is 16.1. The summed E-state index contributed by atoms with van der Waals surface area (Å²) >= 11 is 0. The van der Waals surface area contributed by atoms with Gasteiger partial charge in [0.15, 0.2) is 0 Å². The summed E-state index contributed by atoms with van der Waals surface area (Å²) in [5.74, 6) is -4.53. The number of ketones is 2. The second kappa shape index (κ2) is 10.4. The Balaban J connectivity index is 1.25. The molecule has 6 aliphatic rings. The summed E-state index contributed by atoms with van der Waals surface area (Å²) in [4.78, 5) is 79.0. The van der Waals surface area contributed by atoms with Gasteiger partial charge in [0.2, 0.25) is 0 Å². The van der Waals surface area contributed by atoms with Crippen molar-refractivity contribution in [1.82, 2.24) is 0 Å². The maximum absolute atomic E-state index is 13.5. The molecule has 236 valence electrons. The van der Waals surface area contributed by atoms with Crippen molar-refractivity contribution in [2.45, 2.75) is 111 Å². The fourth-order valence-corrected chi connectivity index (χ4v) is 10.3. The third-order valence-electron chi connectivity index (χ3n) is 12.7. The number of hydrogen-bond acceptors (Lipinski definition) is 10. The first kappa shape index (κ1) is 30.3. The fourth-order valence-electron chi connectivity index (χ4n) is 10.3. The molecule has 0 radical (unpaired) electrons. The highest BCUT2D eigenvalue weighted by molar-refractivity contribution is 5.93. The zero-order valence-electron chi connectivity index (χ0n) is 26.0. The molecule has 0 aromatic rings. The Hall–Kier alpha value is -2.78. The van der Waals surface area contributed by atoms with Crippen LogP contribution < -0.4 is 0 Å². The Morgan fingerprint density at radius 2 is 1.07 bits per heavy atom. The van der Waals surface area contributed by atoms with E-state index in [1.165, 1.54) is 0 Å². The molecule has 2 heterocycles. The molecule has 14 unspecified atom stereocenters. The zero-order chi connectivity index (χ0) is 31.2. The smallest absolute Gasteiger partial charge is 0.317 e. The Bertz CT molecular complexity index is 1160. The lowest BCUT2D eigenvalue weighted by molar-refractivity contribution is -0.177. The third-order valence-corrected chi connectivity index (χ3v) is 12.7. The van der Waals surface area contributed by atoms with Crippen molar-refractivity contribution < 1.29 is 47.7 Å². The highest BCUT2D eigenvalue weighted by Gasteiger charge is 2.65. The lowest BCUT2D eigenvalue weighted by Gasteiger charge is -2.41. The van der Waals surface area contributed by atoms with Gasteiger partial charge in [-0.15, -0.1) is 0 Å². The minimum absolute atomic E-state index is 0.00542. The molecule has 0 spiro atoms. The van der Waals surface area contributed by atoms with E-state index in [9.17, 15) is 28.8 Å². The molecular formula is C33H44O10. The van der Waals surface area contributed by atoms with E-state index in [4.69, 9.17) is 18.9 Å². The summed E-state index contributed by atoms with van der Waals surface area (Å²) in [5.41, 5.74) is -2.00. The van der Waals surface area contributed by atoms with Gasteiger partial charge in [0.1, 0.15) is 42.4 Å². The van der Waals surface area contributed by atoms with Crippen LogP contribution in [0.2, 0.25) is 0 Å². The molecular weight excluding hydrogens is 556 g/mol. The Labute approximate surface area is 252 Å². The molecule has 14 atom stereocenters. The Morgan fingerprint density at radius 1 is 0.698 bits per heavy atom. The molecule has 2 aliphatic heterocycles. The lowest BCUT2D eigenvalue weighted by Crippen LogP contribution is -2.51. The van der Waals surface area contributed by atoms with Crippen molar-refractivity contribution in [1.29, 1.82) is 0 Å². The van der Waals surface area contributed by atoms with E-state index >= 15 is 0 Å². The van der Waals surface area contributed by atoms with Crippen molar-refractivity contribution in [3.63, 3.8) is 0 Å². The number of ether oxygens (including phenoxy) is 4. The number of carbonyl (C=O) groups is 6. The van der Waals surface area contributed by atoms with Crippen LogP contribution in [0.15, 0.2) is 0 Å². The van der Waals surface area contributed by atoms with Gasteiger partial charge in [-0.05, 0) is 63.2 Å². The summed E-state index contributed by atoms with van der Waals surface area (Å²) < 4.78 is 23.5. The number of esters is 4. The van der Waals surface area contributed by atoms with Crippen LogP contribution in [0.5, 0.6) is 0 Å². The summed E-state index contributed by atoms with van der Waals surface area (Å²) in [5, 5.41) is 0. The maximum Gasteiger partial charge on any atom is 0.317 e. The minimum Gasteiger partial charge on any atom is -0.462 e.